The van der Waals surface area contributed by atoms with Crippen LogP contribution < -0.4 is 5.32 Å². The Morgan fingerprint density at radius 1 is 1.35 bits per heavy atom. The predicted molar refractivity (Wildman–Crippen MR) is 87.9 cm³/mol. The number of rotatable bonds is 6. The van der Waals surface area contributed by atoms with Gasteiger partial charge in [0, 0.05) is 25.2 Å². The molecule has 0 bridgehead atoms. The van der Waals surface area contributed by atoms with Crippen molar-refractivity contribution in [3.63, 3.8) is 0 Å². The molecule has 0 radical (unpaired) electrons. The predicted octanol–water partition coefficient (Wildman–Crippen LogP) is 1.65. The normalized spacial score (nSPS) is 19.5. The fourth-order valence-electron chi connectivity index (χ4n) is 2.59. The van der Waals surface area contributed by atoms with Crippen LogP contribution in [0.5, 0.6) is 0 Å². The molecular weight excluding hydrogens is 340 g/mol. The summed E-state index contributed by atoms with van der Waals surface area (Å²) in [4.78, 5) is 12.5. The Hall–Kier alpha value is -1.15. The highest BCUT2D eigenvalue weighted by molar-refractivity contribution is 7.89. The summed E-state index contributed by atoms with van der Waals surface area (Å²) in [5.74, 6) is -0.278. The summed E-state index contributed by atoms with van der Waals surface area (Å²) in [5, 5.41) is 3.19. The zero-order valence-electron chi connectivity index (χ0n) is 13.0. The van der Waals surface area contributed by atoms with E-state index in [9.17, 15) is 13.2 Å². The van der Waals surface area contributed by atoms with E-state index in [0.29, 0.717) is 31.1 Å². The molecule has 1 amide bonds. The molecule has 23 heavy (non-hydrogen) atoms. The highest BCUT2D eigenvalue weighted by Crippen LogP contribution is 2.26. The smallest absolute Gasteiger partial charge is 0.243 e. The maximum Gasteiger partial charge on any atom is 0.243 e. The lowest BCUT2D eigenvalue weighted by Gasteiger charge is -2.33. The number of nitrogens with one attached hydrogen (secondary N) is 1. The Morgan fingerprint density at radius 3 is 2.70 bits per heavy atom. The molecule has 0 unspecified atom stereocenters. The van der Waals surface area contributed by atoms with Crippen LogP contribution in [0.1, 0.15) is 19.3 Å². The van der Waals surface area contributed by atoms with Gasteiger partial charge in [0.25, 0.3) is 0 Å². The van der Waals surface area contributed by atoms with Crippen molar-refractivity contribution in [2.24, 2.45) is 0 Å². The van der Waals surface area contributed by atoms with Crippen LogP contribution in [-0.2, 0) is 19.6 Å². The molecular formula is C15H21ClN2O4S. The number of piperidine rings is 1. The molecule has 6 nitrogen and oxygen atoms in total. The lowest BCUT2D eigenvalue weighted by molar-refractivity contribution is -0.125. The average Bonchev–Trinajstić information content (AvgIpc) is 2.55. The molecule has 128 valence electrons. The molecule has 0 aromatic heterocycles. The van der Waals surface area contributed by atoms with Gasteiger partial charge >= 0.3 is 0 Å². The molecule has 1 N–H and O–H groups in total. The van der Waals surface area contributed by atoms with E-state index in [1.165, 1.54) is 28.6 Å². The first kappa shape index (κ1) is 18.2. The number of hydrogen-bond donors (Lipinski definition) is 1. The number of nitrogens with zero attached hydrogens (tertiary/aromatic N) is 1. The van der Waals surface area contributed by atoms with Crippen LogP contribution in [-0.4, -0.2) is 51.5 Å². The van der Waals surface area contributed by atoms with Crippen LogP contribution in [0.4, 0.5) is 0 Å². The quantitative estimate of drug-likeness (QED) is 0.782. The van der Waals surface area contributed by atoms with E-state index in [-0.39, 0.29) is 10.8 Å². The Morgan fingerprint density at radius 2 is 2.04 bits per heavy atom. The second kappa shape index (κ2) is 8.10. The van der Waals surface area contributed by atoms with Crippen LogP contribution in [0.15, 0.2) is 29.2 Å². The third kappa shape index (κ3) is 4.44. The van der Waals surface area contributed by atoms with Gasteiger partial charge in [0.2, 0.25) is 15.9 Å². The summed E-state index contributed by atoms with van der Waals surface area (Å²) in [7, 11) is -2.18. The van der Waals surface area contributed by atoms with Crippen molar-refractivity contribution in [2.75, 3.05) is 26.8 Å². The van der Waals surface area contributed by atoms with Crippen molar-refractivity contribution < 1.29 is 17.9 Å². The molecule has 0 saturated carbocycles. The summed E-state index contributed by atoms with van der Waals surface area (Å²) in [5.41, 5.74) is 0. The van der Waals surface area contributed by atoms with Crippen LogP contribution in [0.3, 0.4) is 0 Å². The average molecular weight is 361 g/mol. The fourth-order valence-corrected chi connectivity index (χ4v) is 4.37. The lowest BCUT2D eigenvalue weighted by Crippen LogP contribution is -2.52. The molecule has 1 heterocycles. The Kier molecular flexibility index (Phi) is 6.41. The zero-order valence-corrected chi connectivity index (χ0v) is 14.6. The minimum absolute atomic E-state index is 0.151. The van der Waals surface area contributed by atoms with Crippen molar-refractivity contribution >= 4 is 27.5 Å². The molecule has 1 aromatic carbocycles. The van der Waals surface area contributed by atoms with E-state index in [2.05, 4.69) is 5.32 Å². The van der Waals surface area contributed by atoms with Crippen molar-refractivity contribution in [2.45, 2.75) is 30.2 Å². The van der Waals surface area contributed by atoms with Crippen LogP contribution in [0, 0.1) is 0 Å². The summed E-state index contributed by atoms with van der Waals surface area (Å²) in [6, 6.07) is 5.32. The third-order valence-electron chi connectivity index (χ3n) is 3.78. The van der Waals surface area contributed by atoms with Crippen LogP contribution in [0.25, 0.3) is 0 Å². The van der Waals surface area contributed by atoms with Crippen LogP contribution in [0.2, 0.25) is 5.02 Å². The number of hydrogen-bond acceptors (Lipinski definition) is 4. The lowest BCUT2D eigenvalue weighted by atomic mass is 10.0. The topological polar surface area (TPSA) is 75.7 Å². The first-order valence-electron chi connectivity index (χ1n) is 7.51. The number of carbonyl (C=O) groups is 1. The van der Waals surface area contributed by atoms with Gasteiger partial charge < -0.3 is 10.1 Å². The second-order valence-electron chi connectivity index (χ2n) is 5.37. The Labute approximate surface area is 141 Å². The minimum atomic E-state index is -3.72. The maximum absolute atomic E-state index is 12.8. The van der Waals surface area contributed by atoms with Gasteiger partial charge in [0.05, 0.1) is 11.5 Å². The van der Waals surface area contributed by atoms with Crippen molar-refractivity contribution in [3.05, 3.63) is 29.3 Å². The standard InChI is InChI=1S/C15H21ClN2O4S/c1-22-11-9-17-15(19)14-4-2-3-10-18(14)23(20,21)13-7-5-12(16)6-8-13/h5-8,14H,2-4,9-11H2,1H3,(H,17,19)/t14-/m0/s1. The molecule has 0 spiro atoms. The molecule has 1 aromatic rings. The van der Waals surface area contributed by atoms with E-state index in [1.807, 2.05) is 0 Å². The molecule has 1 aliphatic rings. The molecule has 1 atom stereocenters. The highest BCUT2D eigenvalue weighted by Gasteiger charge is 2.37. The summed E-state index contributed by atoms with van der Waals surface area (Å²) < 4.78 is 31.8. The molecule has 1 fully saturated rings. The number of methoxy groups -OCH3 is 1. The van der Waals surface area contributed by atoms with Gasteiger partial charge in [-0.05, 0) is 37.1 Å². The Bertz CT molecular complexity index is 633. The SMILES string of the molecule is COCCNC(=O)[C@@H]1CCCCN1S(=O)(=O)c1ccc(Cl)cc1. The summed E-state index contributed by atoms with van der Waals surface area (Å²) >= 11 is 5.81. The molecule has 0 aliphatic carbocycles. The van der Waals surface area contributed by atoms with Gasteiger partial charge in [-0.2, -0.15) is 4.31 Å². The van der Waals surface area contributed by atoms with Crippen LogP contribution >= 0.6 is 11.6 Å². The molecule has 1 saturated heterocycles. The number of halogens is 1. The maximum atomic E-state index is 12.8. The number of sulfonamides is 1. The third-order valence-corrected chi connectivity index (χ3v) is 5.96. The van der Waals surface area contributed by atoms with Gasteiger partial charge in [-0.3, -0.25) is 4.79 Å². The number of benzene rings is 1. The minimum Gasteiger partial charge on any atom is -0.383 e. The highest BCUT2D eigenvalue weighted by atomic mass is 35.5. The number of amides is 1. The van der Waals surface area contributed by atoms with Crippen molar-refractivity contribution in [1.82, 2.24) is 9.62 Å². The summed E-state index contributed by atoms with van der Waals surface area (Å²) in [6.45, 7) is 1.09. The van der Waals surface area contributed by atoms with E-state index in [4.69, 9.17) is 16.3 Å². The van der Waals surface area contributed by atoms with E-state index >= 15 is 0 Å². The van der Waals surface area contributed by atoms with Gasteiger partial charge in [-0.25, -0.2) is 8.42 Å². The molecule has 2 rings (SSSR count). The molecule has 1 aliphatic heterocycles. The van der Waals surface area contributed by atoms with Gasteiger partial charge in [0.15, 0.2) is 0 Å². The van der Waals surface area contributed by atoms with E-state index in [1.54, 1.807) is 7.11 Å². The fraction of sp³-hybridized carbons (Fsp3) is 0.533. The van der Waals surface area contributed by atoms with Gasteiger partial charge in [-0.1, -0.05) is 18.0 Å². The number of carbonyl (C=O) groups excluding carboxylic acids is 1. The van der Waals surface area contributed by atoms with E-state index < -0.39 is 16.1 Å². The van der Waals surface area contributed by atoms with Crippen molar-refractivity contribution in [1.29, 1.82) is 0 Å². The van der Waals surface area contributed by atoms with Crippen molar-refractivity contribution in [3.8, 4) is 0 Å². The van der Waals surface area contributed by atoms with Gasteiger partial charge in [0.1, 0.15) is 6.04 Å². The Balaban J connectivity index is 2.19. The zero-order chi connectivity index (χ0) is 16.9. The first-order chi connectivity index (χ1) is 11.0. The largest absolute Gasteiger partial charge is 0.383 e. The second-order valence-corrected chi connectivity index (χ2v) is 7.69. The van der Waals surface area contributed by atoms with Gasteiger partial charge in [-0.15, -0.1) is 0 Å². The monoisotopic (exact) mass is 360 g/mol. The van der Waals surface area contributed by atoms with E-state index in [0.717, 1.165) is 12.8 Å². The first-order valence-corrected chi connectivity index (χ1v) is 9.32. The summed E-state index contributed by atoms with van der Waals surface area (Å²) in [6.07, 6.45) is 2.09. The number of ether oxygens (including phenoxy) is 1. The molecule has 8 heteroatoms.